The summed E-state index contributed by atoms with van der Waals surface area (Å²) in [6, 6.07) is 11.8. The fourth-order valence-electron chi connectivity index (χ4n) is 1.50. The van der Waals surface area contributed by atoms with Gasteiger partial charge in [-0.2, -0.15) is 0 Å². The number of carbonyl (C=O) groups excluding carboxylic acids is 3. The van der Waals surface area contributed by atoms with Crippen molar-refractivity contribution in [1.29, 1.82) is 0 Å². The highest BCUT2D eigenvalue weighted by atomic mass is 32.1. The van der Waals surface area contributed by atoms with Crippen LogP contribution in [0.15, 0.2) is 47.8 Å². The van der Waals surface area contributed by atoms with Crippen LogP contribution in [0.4, 0.5) is 0 Å². The van der Waals surface area contributed by atoms with E-state index in [1.807, 2.05) is 0 Å². The fourth-order valence-corrected chi connectivity index (χ4v) is 2.18. The predicted octanol–water partition coefficient (Wildman–Crippen LogP) is 2.77. The maximum absolute atomic E-state index is 11.8. The topological polar surface area (TPSA) is 51.2 Å². The quantitative estimate of drug-likeness (QED) is 0.470. The van der Waals surface area contributed by atoms with Crippen molar-refractivity contribution >= 4 is 28.7 Å². The van der Waals surface area contributed by atoms with E-state index in [0.29, 0.717) is 10.4 Å². The smallest absolute Gasteiger partial charge is 0.238 e. The first-order valence-corrected chi connectivity index (χ1v) is 6.25. The number of thiophene rings is 1. The van der Waals surface area contributed by atoms with Gasteiger partial charge in [-0.1, -0.05) is 36.4 Å². The third kappa shape index (κ3) is 2.78. The zero-order valence-corrected chi connectivity index (χ0v) is 10.3. The molecule has 18 heavy (non-hydrogen) atoms. The van der Waals surface area contributed by atoms with E-state index in [4.69, 9.17) is 0 Å². The van der Waals surface area contributed by atoms with Crippen molar-refractivity contribution in [3.05, 3.63) is 58.3 Å². The Labute approximate surface area is 108 Å². The molecule has 0 fully saturated rings. The van der Waals surface area contributed by atoms with Gasteiger partial charge in [-0.15, -0.1) is 11.3 Å². The first-order chi connectivity index (χ1) is 8.68. The van der Waals surface area contributed by atoms with Crippen molar-refractivity contribution in [3.8, 4) is 0 Å². The van der Waals surface area contributed by atoms with E-state index < -0.39 is 11.6 Å². The Morgan fingerprint density at radius 2 is 1.67 bits per heavy atom. The van der Waals surface area contributed by atoms with Crippen LogP contribution in [0, 0.1) is 0 Å². The lowest BCUT2D eigenvalue weighted by atomic mass is 10.0. The second-order valence-electron chi connectivity index (χ2n) is 3.70. The predicted molar refractivity (Wildman–Crippen MR) is 69.0 cm³/mol. The Kier molecular flexibility index (Phi) is 3.79. The molecule has 4 heteroatoms. The summed E-state index contributed by atoms with van der Waals surface area (Å²) in [5, 5.41) is 1.72. The molecule has 0 radical (unpaired) electrons. The lowest BCUT2D eigenvalue weighted by Gasteiger charge is -1.99. The van der Waals surface area contributed by atoms with Crippen molar-refractivity contribution in [2.45, 2.75) is 6.42 Å². The van der Waals surface area contributed by atoms with Crippen LogP contribution in [0.25, 0.3) is 0 Å². The Hall–Kier alpha value is -2.07. The number of carbonyl (C=O) groups is 3. The molecular weight excluding hydrogens is 248 g/mol. The molecule has 1 aromatic carbocycles. The van der Waals surface area contributed by atoms with Gasteiger partial charge in [0.25, 0.3) is 0 Å². The minimum atomic E-state index is -0.661. The highest BCUT2D eigenvalue weighted by Crippen LogP contribution is 2.12. The molecule has 90 valence electrons. The van der Waals surface area contributed by atoms with Crippen LogP contribution in [-0.2, 0) is 4.79 Å². The lowest BCUT2D eigenvalue weighted by Crippen LogP contribution is -2.17. The summed E-state index contributed by atoms with van der Waals surface area (Å²) >= 11 is 1.20. The summed E-state index contributed by atoms with van der Waals surface area (Å²) in [5.74, 6) is -1.58. The molecule has 1 heterocycles. The van der Waals surface area contributed by atoms with Gasteiger partial charge in [-0.25, -0.2) is 0 Å². The summed E-state index contributed by atoms with van der Waals surface area (Å²) in [4.78, 5) is 35.5. The molecule has 0 saturated carbocycles. The first-order valence-electron chi connectivity index (χ1n) is 5.38. The van der Waals surface area contributed by atoms with Gasteiger partial charge in [0.15, 0.2) is 5.78 Å². The molecule has 0 saturated heterocycles. The van der Waals surface area contributed by atoms with Crippen LogP contribution in [0.2, 0.25) is 0 Å². The standard InChI is InChI=1S/C14H10O3S/c15-11(10-5-2-1-3-6-10)9-12(16)14(17)13-7-4-8-18-13/h1-8H,9H2. The van der Waals surface area contributed by atoms with Crippen LogP contribution < -0.4 is 0 Å². The minimum absolute atomic E-state index is 0.328. The van der Waals surface area contributed by atoms with Crippen LogP contribution >= 0.6 is 11.3 Å². The minimum Gasteiger partial charge on any atom is -0.294 e. The van der Waals surface area contributed by atoms with Crippen LogP contribution in [0.1, 0.15) is 26.5 Å². The van der Waals surface area contributed by atoms with Crippen molar-refractivity contribution in [2.75, 3.05) is 0 Å². The molecule has 0 aliphatic rings. The molecule has 0 spiro atoms. The number of rotatable bonds is 5. The monoisotopic (exact) mass is 258 g/mol. The highest BCUT2D eigenvalue weighted by molar-refractivity contribution is 7.13. The van der Waals surface area contributed by atoms with Gasteiger partial charge in [0.05, 0.1) is 11.3 Å². The Morgan fingerprint density at radius 1 is 0.944 bits per heavy atom. The molecule has 0 N–H and O–H groups in total. The second-order valence-corrected chi connectivity index (χ2v) is 4.64. The highest BCUT2D eigenvalue weighted by Gasteiger charge is 2.20. The normalized spacial score (nSPS) is 10.0. The van der Waals surface area contributed by atoms with E-state index in [1.165, 1.54) is 11.3 Å². The number of Topliss-reactive ketones (excluding diaryl/α,β-unsaturated/α-hetero) is 3. The van der Waals surface area contributed by atoms with Gasteiger partial charge in [-0.3, -0.25) is 14.4 Å². The van der Waals surface area contributed by atoms with E-state index in [2.05, 4.69) is 0 Å². The summed E-state index contributed by atoms with van der Waals surface area (Å²) in [6.45, 7) is 0. The van der Waals surface area contributed by atoms with Crippen LogP contribution in [-0.4, -0.2) is 17.3 Å². The Balaban J connectivity index is 2.04. The second kappa shape index (κ2) is 5.51. The van der Waals surface area contributed by atoms with E-state index in [0.717, 1.165) is 0 Å². The molecule has 0 amide bonds. The third-order valence-electron chi connectivity index (χ3n) is 2.42. The molecule has 0 unspecified atom stereocenters. The average molecular weight is 258 g/mol. The van der Waals surface area contributed by atoms with Gasteiger partial charge < -0.3 is 0 Å². The molecule has 1 aromatic heterocycles. The maximum atomic E-state index is 11.8. The number of ketones is 3. The van der Waals surface area contributed by atoms with Crippen molar-refractivity contribution in [2.24, 2.45) is 0 Å². The lowest BCUT2D eigenvalue weighted by molar-refractivity contribution is -0.114. The molecule has 0 aliphatic carbocycles. The Morgan fingerprint density at radius 3 is 2.28 bits per heavy atom. The van der Waals surface area contributed by atoms with Gasteiger partial charge in [0, 0.05) is 5.56 Å². The first kappa shape index (κ1) is 12.4. The molecule has 2 rings (SSSR count). The summed E-state index contributed by atoms with van der Waals surface area (Å²) in [6.07, 6.45) is -0.374. The Bertz CT molecular complexity index is 570. The number of hydrogen-bond acceptors (Lipinski definition) is 4. The van der Waals surface area contributed by atoms with Gasteiger partial charge in [0.2, 0.25) is 11.6 Å². The molecule has 3 nitrogen and oxygen atoms in total. The van der Waals surface area contributed by atoms with E-state index in [-0.39, 0.29) is 12.2 Å². The SMILES string of the molecule is O=C(CC(=O)c1ccccc1)C(=O)c1cccs1. The van der Waals surface area contributed by atoms with Crippen LogP contribution in [0.3, 0.4) is 0 Å². The molecule has 0 aliphatic heterocycles. The van der Waals surface area contributed by atoms with E-state index in [9.17, 15) is 14.4 Å². The third-order valence-corrected chi connectivity index (χ3v) is 3.28. The summed E-state index contributed by atoms with van der Waals surface area (Å²) in [5.41, 5.74) is 0.449. The van der Waals surface area contributed by atoms with Gasteiger partial charge in [0.1, 0.15) is 0 Å². The number of benzene rings is 1. The maximum Gasteiger partial charge on any atom is 0.238 e. The largest absolute Gasteiger partial charge is 0.294 e. The molecule has 0 atom stereocenters. The van der Waals surface area contributed by atoms with E-state index in [1.54, 1.807) is 47.8 Å². The van der Waals surface area contributed by atoms with Gasteiger partial charge in [-0.05, 0) is 11.4 Å². The number of hydrogen-bond donors (Lipinski definition) is 0. The zero-order chi connectivity index (χ0) is 13.0. The summed E-state index contributed by atoms with van der Waals surface area (Å²) in [7, 11) is 0. The van der Waals surface area contributed by atoms with Crippen LogP contribution in [0.5, 0.6) is 0 Å². The zero-order valence-electron chi connectivity index (χ0n) is 9.46. The average Bonchev–Trinajstić information content (AvgIpc) is 2.92. The van der Waals surface area contributed by atoms with Gasteiger partial charge >= 0.3 is 0 Å². The molecule has 2 aromatic rings. The summed E-state index contributed by atoms with van der Waals surface area (Å²) < 4.78 is 0. The van der Waals surface area contributed by atoms with E-state index >= 15 is 0 Å². The fraction of sp³-hybridized carbons (Fsp3) is 0.0714. The van der Waals surface area contributed by atoms with Crippen molar-refractivity contribution < 1.29 is 14.4 Å². The molecule has 0 bridgehead atoms. The van der Waals surface area contributed by atoms with Crippen molar-refractivity contribution in [3.63, 3.8) is 0 Å². The van der Waals surface area contributed by atoms with Crippen molar-refractivity contribution in [1.82, 2.24) is 0 Å². The molecular formula is C14H10O3S.